The number of nitrogens with zero attached hydrogens (tertiary/aromatic N) is 6. The number of halogens is 3. The molecule has 0 aliphatic carbocycles. The number of rotatable bonds is 6. The zero-order chi connectivity index (χ0) is 29.4. The molecule has 3 aromatic carbocycles. The first kappa shape index (κ1) is 27.5. The molecule has 3 heterocycles. The molecule has 1 fully saturated rings. The second-order valence-corrected chi connectivity index (χ2v) is 10.7. The predicted molar refractivity (Wildman–Crippen MR) is 158 cm³/mol. The number of carbonyl (C=O) groups is 1. The molecule has 1 saturated heterocycles. The number of aliphatic imine (C=N–C) groups is 1. The number of pyridine rings is 1. The normalized spacial score (nSPS) is 15.2. The van der Waals surface area contributed by atoms with Gasteiger partial charge in [-0.25, -0.2) is 15.0 Å². The van der Waals surface area contributed by atoms with E-state index in [2.05, 4.69) is 33.7 Å². The van der Waals surface area contributed by atoms with Crippen LogP contribution in [0, 0.1) is 0 Å². The van der Waals surface area contributed by atoms with Crippen molar-refractivity contribution < 1.29 is 22.7 Å². The Balaban J connectivity index is 1.26. The van der Waals surface area contributed by atoms with Gasteiger partial charge in [0.1, 0.15) is 17.6 Å². The molecule has 0 radical (unpaired) electrons. The molecule has 0 N–H and O–H groups in total. The third-order valence-corrected chi connectivity index (χ3v) is 7.50. The van der Waals surface area contributed by atoms with Gasteiger partial charge in [0.15, 0.2) is 10.8 Å². The Morgan fingerprint density at radius 2 is 1.83 bits per heavy atom. The smallest absolute Gasteiger partial charge is 0.406 e. The van der Waals surface area contributed by atoms with Gasteiger partial charge in [-0.05, 0) is 53.4 Å². The number of benzene rings is 3. The molecule has 8 nitrogen and oxygen atoms in total. The van der Waals surface area contributed by atoms with Crippen LogP contribution in [0.4, 0.5) is 18.9 Å². The van der Waals surface area contributed by atoms with Crippen LogP contribution in [-0.2, 0) is 4.79 Å². The van der Waals surface area contributed by atoms with Gasteiger partial charge in [0.25, 0.3) is 5.91 Å². The predicted octanol–water partition coefficient (Wildman–Crippen LogP) is 7.19. The monoisotopic (exact) mass is 588 g/mol. The number of hydrogen-bond donors (Lipinski definition) is 0. The minimum absolute atomic E-state index is 0.148. The molecule has 0 saturated carbocycles. The number of amides is 1. The standard InChI is InChI=1S/C30H23F3N6O2S/c1-18(2)23-5-3-4-6-25(23)37-29-39(26(40)16-42-29)36-14-19-7-12-24-20(13-19)15-34-28-27(24)35-17-38(28)21-8-10-22(11-9-21)41-30(31,32)33/h3-15,17-18H,16H2,1-2H3/b36-14-,37-29?. The van der Waals surface area contributed by atoms with Crippen LogP contribution in [0.3, 0.4) is 0 Å². The fourth-order valence-corrected chi connectivity index (χ4v) is 5.43. The molecule has 1 aliphatic rings. The molecule has 6 rings (SSSR count). The molecule has 0 bridgehead atoms. The lowest BCUT2D eigenvalue weighted by Gasteiger charge is -2.12. The fourth-order valence-electron chi connectivity index (χ4n) is 4.62. The summed E-state index contributed by atoms with van der Waals surface area (Å²) in [5.41, 5.74) is 4.44. The van der Waals surface area contributed by atoms with Gasteiger partial charge in [-0.2, -0.15) is 10.1 Å². The maximum atomic E-state index is 12.6. The summed E-state index contributed by atoms with van der Waals surface area (Å²) in [7, 11) is 0. The van der Waals surface area contributed by atoms with Crippen LogP contribution in [0.1, 0.15) is 30.9 Å². The van der Waals surface area contributed by atoms with Crippen molar-refractivity contribution in [2.75, 3.05) is 5.75 Å². The van der Waals surface area contributed by atoms with Crippen molar-refractivity contribution in [1.29, 1.82) is 0 Å². The van der Waals surface area contributed by atoms with Crippen molar-refractivity contribution >= 4 is 56.7 Å². The lowest BCUT2D eigenvalue weighted by atomic mass is 10.0. The summed E-state index contributed by atoms with van der Waals surface area (Å²) < 4.78 is 43.1. The number of alkyl halides is 3. The SMILES string of the molecule is CC(C)c1ccccc1N=C1SCC(=O)N1/N=C\c1ccc2c(cnc3c2ncn3-c2ccc(OC(F)(F)F)cc2)c1. The van der Waals surface area contributed by atoms with Crippen LogP contribution in [0.25, 0.3) is 27.6 Å². The quantitative estimate of drug-likeness (QED) is 0.196. The van der Waals surface area contributed by atoms with Gasteiger partial charge < -0.3 is 4.74 Å². The van der Waals surface area contributed by atoms with E-state index in [-0.39, 0.29) is 23.3 Å². The molecular formula is C30H23F3N6O2S. The van der Waals surface area contributed by atoms with Gasteiger partial charge in [-0.3, -0.25) is 9.36 Å². The molecule has 212 valence electrons. The maximum absolute atomic E-state index is 12.6. The Morgan fingerprint density at radius 3 is 2.60 bits per heavy atom. The lowest BCUT2D eigenvalue weighted by molar-refractivity contribution is -0.274. The number of hydrazone groups is 1. The number of ether oxygens (including phenoxy) is 1. The maximum Gasteiger partial charge on any atom is 0.573 e. The number of imidazole rings is 1. The Bertz CT molecular complexity index is 1870. The first-order chi connectivity index (χ1) is 20.2. The molecule has 1 aliphatic heterocycles. The van der Waals surface area contributed by atoms with Crippen molar-refractivity contribution in [3.63, 3.8) is 0 Å². The van der Waals surface area contributed by atoms with E-state index >= 15 is 0 Å². The Hall–Kier alpha value is -4.71. The van der Waals surface area contributed by atoms with Gasteiger partial charge in [0.2, 0.25) is 0 Å². The molecule has 1 amide bonds. The van der Waals surface area contributed by atoms with Crippen molar-refractivity contribution in [3.05, 3.63) is 90.4 Å². The Labute approximate surface area is 242 Å². The van der Waals surface area contributed by atoms with E-state index < -0.39 is 6.36 Å². The summed E-state index contributed by atoms with van der Waals surface area (Å²) in [6, 6.07) is 19.0. The second kappa shape index (κ2) is 10.9. The van der Waals surface area contributed by atoms with Crippen molar-refractivity contribution in [1.82, 2.24) is 19.5 Å². The summed E-state index contributed by atoms with van der Waals surface area (Å²) in [4.78, 5) is 26.4. The minimum Gasteiger partial charge on any atom is -0.406 e. The summed E-state index contributed by atoms with van der Waals surface area (Å²) in [5.74, 6) is 0.0912. The fraction of sp³-hybridized carbons (Fsp3) is 0.167. The number of amidine groups is 1. The first-order valence-electron chi connectivity index (χ1n) is 13.0. The average molecular weight is 589 g/mol. The van der Waals surface area contributed by atoms with Crippen molar-refractivity contribution in [2.24, 2.45) is 10.1 Å². The van der Waals surface area contributed by atoms with E-state index in [1.807, 2.05) is 42.5 Å². The van der Waals surface area contributed by atoms with E-state index in [0.717, 1.165) is 27.6 Å². The van der Waals surface area contributed by atoms with E-state index in [0.29, 0.717) is 22.0 Å². The number of thioether (sulfide) groups is 1. The largest absolute Gasteiger partial charge is 0.573 e. The Kier molecular flexibility index (Phi) is 7.15. The molecule has 0 spiro atoms. The number of carbonyl (C=O) groups excluding carboxylic acids is 1. The van der Waals surface area contributed by atoms with Crippen LogP contribution in [0.15, 0.2) is 89.3 Å². The van der Waals surface area contributed by atoms with Crippen LogP contribution >= 0.6 is 11.8 Å². The number of para-hydroxylation sites is 1. The highest BCUT2D eigenvalue weighted by molar-refractivity contribution is 8.15. The number of aromatic nitrogens is 3. The van der Waals surface area contributed by atoms with E-state index in [4.69, 9.17) is 4.99 Å². The molecule has 0 atom stereocenters. The van der Waals surface area contributed by atoms with Crippen LogP contribution in [0.5, 0.6) is 5.75 Å². The minimum atomic E-state index is -4.76. The molecule has 42 heavy (non-hydrogen) atoms. The lowest BCUT2D eigenvalue weighted by Crippen LogP contribution is -2.23. The highest BCUT2D eigenvalue weighted by Crippen LogP contribution is 2.31. The molecular weight excluding hydrogens is 565 g/mol. The third-order valence-electron chi connectivity index (χ3n) is 6.59. The van der Waals surface area contributed by atoms with Gasteiger partial charge in [0.05, 0.1) is 17.7 Å². The van der Waals surface area contributed by atoms with E-state index in [1.165, 1.54) is 41.0 Å². The molecule has 0 unspecified atom stereocenters. The van der Waals surface area contributed by atoms with Crippen LogP contribution < -0.4 is 4.74 Å². The second-order valence-electron chi connectivity index (χ2n) is 9.78. The number of fused-ring (bicyclic) bond motifs is 3. The molecule has 5 aromatic rings. The Morgan fingerprint density at radius 1 is 1.05 bits per heavy atom. The van der Waals surface area contributed by atoms with E-state index in [1.54, 1.807) is 23.3 Å². The number of hydrogen-bond acceptors (Lipinski definition) is 7. The zero-order valence-corrected chi connectivity index (χ0v) is 23.2. The van der Waals surface area contributed by atoms with Crippen LogP contribution in [0.2, 0.25) is 0 Å². The van der Waals surface area contributed by atoms with Crippen molar-refractivity contribution in [3.8, 4) is 11.4 Å². The van der Waals surface area contributed by atoms with E-state index in [9.17, 15) is 18.0 Å². The first-order valence-corrected chi connectivity index (χ1v) is 13.9. The molecule has 2 aromatic heterocycles. The van der Waals surface area contributed by atoms with Gasteiger partial charge in [0, 0.05) is 22.7 Å². The average Bonchev–Trinajstić information content (AvgIpc) is 3.55. The third kappa shape index (κ3) is 5.57. The summed E-state index contributed by atoms with van der Waals surface area (Å²) in [5, 5.41) is 7.97. The topological polar surface area (TPSA) is 85.0 Å². The highest BCUT2D eigenvalue weighted by Gasteiger charge is 2.31. The van der Waals surface area contributed by atoms with Gasteiger partial charge >= 0.3 is 6.36 Å². The zero-order valence-electron chi connectivity index (χ0n) is 22.4. The van der Waals surface area contributed by atoms with Gasteiger partial charge in [-0.15, -0.1) is 13.2 Å². The van der Waals surface area contributed by atoms with Gasteiger partial charge in [-0.1, -0.05) is 55.9 Å². The highest BCUT2D eigenvalue weighted by atomic mass is 32.2. The molecule has 12 heteroatoms. The summed E-state index contributed by atoms with van der Waals surface area (Å²) in [6.07, 6.45) is 0.119. The van der Waals surface area contributed by atoms with Crippen molar-refractivity contribution in [2.45, 2.75) is 26.1 Å². The summed E-state index contributed by atoms with van der Waals surface area (Å²) in [6.45, 7) is 4.20. The summed E-state index contributed by atoms with van der Waals surface area (Å²) >= 11 is 1.35. The van der Waals surface area contributed by atoms with Crippen LogP contribution in [-0.4, -0.2) is 48.9 Å².